The normalized spacial score (nSPS) is 19.9. The maximum atomic E-state index is 11.3. The first-order valence-corrected chi connectivity index (χ1v) is 6.68. The van der Waals surface area contributed by atoms with E-state index in [1.165, 1.54) is 0 Å². The van der Waals surface area contributed by atoms with Crippen molar-refractivity contribution in [2.45, 2.75) is 6.04 Å². The highest BCUT2D eigenvalue weighted by Crippen LogP contribution is 2.28. The van der Waals surface area contributed by atoms with Crippen LogP contribution in [0.3, 0.4) is 0 Å². The van der Waals surface area contributed by atoms with E-state index >= 15 is 0 Å². The second kappa shape index (κ2) is 4.31. The zero-order chi connectivity index (χ0) is 14.4. The number of nitrogens with two attached hydrogens (primary N) is 1. The third-order valence-electron chi connectivity index (χ3n) is 3.80. The SMILES string of the molecule is NC(=O)c1ccc2[nH]nc(C3=CN4C=NCC4C=C3)c2c1. The summed E-state index contributed by atoms with van der Waals surface area (Å²) in [6.45, 7) is 0.785. The van der Waals surface area contributed by atoms with Gasteiger partial charge in [0.05, 0.1) is 24.4 Å². The summed E-state index contributed by atoms with van der Waals surface area (Å²) in [5.41, 5.74) is 8.49. The number of allylic oxidation sites excluding steroid dienone is 2. The first-order chi connectivity index (χ1) is 10.2. The van der Waals surface area contributed by atoms with Gasteiger partial charge in [0.1, 0.15) is 5.69 Å². The van der Waals surface area contributed by atoms with Crippen LogP contribution in [0.4, 0.5) is 0 Å². The number of aliphatic imine (C=N–C) groups is 1. The highest BCUT2D eigenvalue weighted by Gasteiger charge is 2.21. The van der Waals surface area contributed by atoms with Crippen LogP contribution in [0.1, 0.15) is 16.1 Å². The molecule has 21 heavy (non-hydrogen) atoms. The minimum atomic E-state index is -0.441. The molecular formula is C15H13N5O. The largest absolute Gasteiger partial charge is 0.366 e. The van der Waals surface area contributed by atoms with E-state index in [1.54, 1.807) is 12.1 Å². The van der Waals surface area contributed by atoms with Crippen molar-refractivity contribution in [2.75, 3.05) is 6.54 Å². The average molecular weight is 279 g/mol. The molecular weight excluding hydrogens is 266 g/mol. The van der Waals surface area contributed by atoms with Crippen LogP contribution >= 0.6 is 0 Å². The van der Waals surface area contributed by atoms with Crippen molar-refractivity contribution in [3.05, 3.63) is 47.8 Å². The van der Waals surface area contributed by atoms with E-state index in [0.29, 0.717) is 11.6 Å². The van der Waals surface area contributed by atoms with Gasteiger partial charge in [-0.05, 0) is 18.2 Å². The molecule has 2 aliphatic heterocycles. The molecule has 0 radical (unpaired) electrons. The van der Waals surface area contributed by atoms with Crippen molar-refractivity contribution in [2.24, 2.45) is 10.7 Å². The van der Waals surface area contributed by atoms with Gasteiger partial charge < -0.3 is 10.6 Å². The number of hydrogen-bond acceptors (Lipinski definition) is 4. The molecule has 0 saturated heterocycles. The third-order valence-corrected chi connectivity index (χ3v) is 3.80. The Bertz CT molecular complexity index is 830. The molecule has 2 aromatic rings. The number of aromatic nitrogens is 2. The lowest BCUT2D eigenvalue weighted by molar-refractivity contribution is 0.100. The molecule has 6 heteroatoms. The van der Waals surface area contributed by atoms with Gasteiger partial charge in [0.25, 0.3) is 0 Å². The number of H-pyrrole nitrogens is 1. The van der Waals surface area contributed by atoms with E-state index in [9.17, 15) is 4.79 Å². The van der Waals surface area contributed by atoms with Crippen LogP contribution in [-0.2, 0) is 0 Å². The summed E-state index contributed by atoms with van der Waals surface area (Å²) in [6.07, 6.45) is 8.01. The van der Waals surface area contributed by atoms with Crippen molar-refractivity contribution in [3.63, 3.8) is 0 Å². The Kier molecular flexibility index (Phi) is 2.44. The molecule has 2 aliphatic rings. The van der Waals surface area contributed by atoms with Crippen molar-refractivity contribution >= 4 is 28.7 Å². The molecule has 0 bridgehead atoms. The number of primary amides is 1. The van der Waals surface area contributed by atoms with Gasteiger partial charge in [-0.2, -0.15) is 5.10 Å². The van der Waals surface area contributed by atoms with E-state index in [1.807, 2.05) is 24.7 Å². The second-order valence-corrected chi connectivity index (χ2v) is 5.14. The first kappa shape index (κ1) is 11.9. The lowest BCUT2D eigenvalue weighted by atomic mass is 10.0. The summed E-state index contributed by atoms with van der Waals surface area (Å²) in [6, 6.07) is 5.59. The number of carbonyl (C=O) groups excluding carboxylic acids is 1. The third kappa shape index (κ3) is 1.84. The molecule has 1 amide bonds. The number of carbonyl (C=O) groups is 1. The molecule has 0 aliphatic carbocycles. The Morgan fingerprint density at radius 2 is 2.33 bits per heavy atom. The highest BCUT2D eigenvalue weighted by molar-refractivity contribution is 6.00. The number of nitrogens with zero attached hydrogens (tertiary/aromatic N) is 3. The molecule has 0 spiro atoms. The Morgan fingerprint density at radius 1 is 1.43 bits per heavy atom. The zero-order valence-corrected chi connectivity index (χ0v) is 11.2. The van der Waals surface area contributed by atoms with Crippen molar-refractivity contribution in [1.29, 1.82) is 0 Å². The number of rotatable bonds is 2. The summed E-state index contributed by atoms with van der Waals surface area (Å²) in [7, 11) is 0. The maximum Gasteiger partial charge on any atom is 0.248 e. The van der Waals surface area contributed by atoms with Gasteiger partial charge in [-0.15, -0.1) is 0 Å². The molecule has 0 saturated carbocycles. The quantitative estimate of drug-likeness (QED) is 0.868. The summed E-state index contributed by atoms with van der Waals surface area (Å²) >= 11 is 0. The number of amides is 1. The van der Waals surface area contributed by atoms with E-state index in [-0.39, 0.29) is 0 Å². The number of benzene rings is 1. The van der Waals surface area contributed by atoms with Crippen molar-refractivity contribution in [1.82, 2.24) is 15.1 Å². The number of nitrogens with one attached hydrogen (secondary N) is 1. The van der Waals surface area contributed by atoms with Crippen LogP contribution in [0.25, 0.3) is 16.5 Å². The summed E-state index contributed by atoms with van der Waals surface area (Å²) < 4.78 is 0. The molecule has 1 unspecified atom stereocenters. The molecule has 104 valence electrons. The topological polar surface area (TPSA) is 87.4 Å². The molecule has 1 aromatic heterocycles. The zero-order valence-electron chi connectivity index (χ0n) is 11.2. The fraction of sp³-hybridized carbons (Fsp3) is 0.133. The fourth-order valence-corrected chi connectivity index (χ4v) is 2.66. The molecule has 3 heterocycles. The maximum absolute atomic E-state index is 11.3. The van der Waals surface area contributed by atoms with Gasteiger partial charge in [-0.1, -0.05) is 12.2 Å². The second-order valence-electron chi connectivity index (χ2n) is 5.14. The van der Waals surface area contributed by atoms with Crippen LogP contribution in [0, 0.1) is 0 Å². The molecule has 1 aromatic carbocycles. The first-order valence-electron chi connectivity index (χ1n) is 6.68. The van der Waals surface area contributed by atoms with Crippen LogP contribution < -0.4 is 5.73 Å². The number of hydrogen-bond donors (Lipinski definition) is 2. The van der Waals surface area contributed by atoms with E-state index < -0.39 is 5.91 Å². The van der Waals surface area contributed by atoms with Crippen LogP contribution in [-0.4, -0.2) is 39.9 Å². The smallest absolute Gasteiger partial charge is 0.248 e. The minimum Gasteiger partial charge on any atom is -0.366 e. The van der Waals surface area contributed by atoms with Gasteiger partial charge in [-0.3, -0.25) is 14.9 Å². The predicted octanol–water partition coefficient (Wildman–Crippen LogP) is 1.29. The standard InChI is InChI=1S/C15H13N5O/c16-15(21)9-2-4-13-12(5-9)14(19-18-13)10-1-3-11-6-17-8-20(11)7-10/h1-5,7-8,11H,6H2,(H2,16,21)(H,18,19). The van der Waals surface area contributed by atoms with Gasteiger partial charge in [0.15, 0.2) is 0 Å². The Labute approximate surface area is 120 Å². The van der Waals surface area contributed by atoms with Gasteiger partial charge in [-0.25, -0.2) is 0 Å². The van der Waals surface area contributed by atoms with Crippen LogP contribution in [0.15, 0.2) is 41.5 Å². The summed E-state index contributed by atoms with van der Waals surface area (Å²) in [5, 5.41) is 8.23. The van der Waals surface area contributed by atoms with Crippen LogP contribution in [0.5, 0.6) is 0 Å². The highest BCUT2D eigenvalue weighted by atomic mass is 16.1. The lowest BCUT2D eigenvalue weighted by Gasteiger charge is -2.21. The summed E-state index contributed by atoms with van der Waals surface area (Å²) in [4.78, 5) is 17.7. The monoisotopic (exact) mass is 279 g/mol. The lowest BCUT2D eigenvalue weighted by Crippen LogP contribution is -2.26. The van der Waals surface area contributed by atoms with Gasteiger partial charge >= 0.3 is 0 Å². The average Bonchev–Trinajstić information content (AvgIpc) is 3.12. The van der Waals surface area contributed by atoms with Crippen molar-refractivity contribution in [3.8, 4) is 0 Å². The predicted molar refractivity (Wildman–Crippen MR) is 80.7 cm³/mol. The summed E-state index contributed by atoms with van der Waals surface area (Å²) in [5.74, 6) is -0.441. The van der Waals surface area contributed by atoms with E-state index in [2.05, 4.69) is 26.2 Å². The number of fused-ring (bicyclic) bond motifs is 2. The molecule has 6 nitrogen and oxygen atoms in total. The molecule has 1 atom stereocenters. The fourth-order valence-electron chi connectivity index (χ4n) is 2.66. The Morgan fingerprint density at radius 3 is 3.19 bits per heavy atom. The van der Waals surface area contributed by atoms with E-state index in [0.717, 1.165) is 28.7 Å². The van der Waals surface area contributed by atoms with Crippen molar-refractivity contribution < 1.29 is 4.79 Å². The van der Waals surface area contributed by atoms with Gasteiger partial charge in [0, 0.05) is 22.7 Å². The minimum absolute atomic E-state index is 0.306. The van der Waals surface area contributed by atoms with Gasteiger partial charge in [0.2, 0.25) is 5.91 Å². The van der Waals surface area contributed by atoms with E-state index in [4.69, 9.17) is 5.73 Å². The molecule has 0 fully saturated rings. The molecule has 3 N–H and O–H groups in total. The number of aromatic amines is 1. The molecule has 4 rings (SSSR count). The Hall–Kier alpha value is -2.89. The van der Waals surface area contributed by atoms with Crippen LogP contribution in [0.2, 0.25) is 0 Å². The Balaban J connectivity index is 1.83.